The van der Waals surface area contributed by atoms with Crippen molar-refractivity contribution in [3.05, 3.63) is 17.0 Å². The minimum atomic E-state index is -0.433. The van der Waals surface area contributed by atoms with Gasteiger partial charge in [-0.3, -0.25) is 4.79 Å². The van der Waals surface area contributed by atoms with Crippen molar-refractivity contribution in [2.75, 3.05) is 13.6 Å². The Kier molecular flexibility index (Phi) is 4.50. The molecule has 7 heteroatoms. The van der Waals surface area contributed by atoms with Crippen molar-refractivity contribution in [2.24, 2.45) is 0 Å². The van der Waals surface area contributed by atoms with Crippen LogP contribution in [0.5, 0.6) is 0 Å². The lowest BCUT2D eigenvalue weighted by molar-refractivity contribution is -0.128. The summed E-state index contributed by atoms with van der Waals surface area (Å²) < 4.78 is 5.14. The molecule has 0 spiro atoms. The normalized spacial score (nSPS) is 19.7. The van der Waals surface area contributed by atoms with Gasteiger partial charge in [0.25, 0.3) is 0 Å². The smallest absolute Gasteiger partial charge is 0.315 e. The van der Waals surface area contributed by atoms with E-state index in [1.807, 2.05) is 20.8 Å². The van der Waals surface area contributed by atoms with Crippen LogP contribution < -0.4 is 10.6 Å². The molecule has 1 fully saturated rings. The number of likely N-dealkylation sites (N-methyl/N-ethyl adjacent to an activating group) is 1. The highest BCUT2D eigenvalue weighted by molar-refractivity contribution is 5.88. The molecule has 0 radical (unpaired) electrons. The van der Waals surface area contributed by atoms with Crippen LogP contribution >= 0.6 is 0 Å². The summed E-state index contributed by atoms with van der Waals surface area (Å²) in [6.07, 6.45) is 1.36. The molecule has 0 saturated carbocycles. The Morgan fingerprint density at radius 3 is 2.71 bits per heavy atom. The molecule has 21 heavy (non-hydrogen) atoms. The molecule has 2 atom stereocenters. The second-order valence-corrected chi connectivity index (χ2v) is 5.42. The number of hydrogen-bond donors (Lipinski definition) is 2. The average molecular weight is 294 g/mol. The number of nitrogens with zero attached hydrogens (tertiary/aromatic N) is 2. The summed E-state index contributed by atoms with van der Waals surface area (Å²) in [6.45, 7) is 6.33. The third-order valence-corrected chi connectivity index (χ3v) is 3.88. The lowest BCUT2D eigenvalue weighted by atomic mass is 10.0. The van der Waals surface area contributed by atoms with E-state index in [9.17, 15) is 9.59 Å². The van der Waals surface area contributed by atoms with E-state index >= 15 is 0 Å². The van der Waals surface area contributed by atoms with Crippen LogP contribution in [0, 0.1) is 13.8 Å². The predicted octanol–water partition coefficient (Wildman–Crippen LogP) is 1.27. The first-order valence-electron chi connectivity index (χ1n) is 7.18. The fourth-order valence-corrected chi connectivity index (χ4v) is 2.68. The maximum Gasteiger partial charge on any atom is 0.315 e. The van der Waals surface area contributed by atoms with Crippen LogP contribution in [0.25, 0.3) is 0 Å². The number of carbonyl (C=O) groups excluding carboxylic acids is 2. The van der Waals surface area contributed by atoms with E-state index in [0.29, 0.717) is 18.7 Å². The number of carbonyl (C=O) groups is 2. The molecule has 1 saturated heterocycles. The quantitative estimate of drug-likeness (QED) is 0.875. The van der Waals surface area contributed by atoms with Crippen LogP contribution in [-0.4, -0.2) is 41.6 Å². The van der Waals surface area contributed by atoms with Gasteiger partial charge in [-0.25, -0.2) is 4.79 Å². The van der Waals surface area contributed by atoms with Crippen LogP contribution in [0.1, 0.15) is 42.8 Å². The zero-order chi connectivity index (χ0) is 15.6. The molecular weight excluding hydrogens is 272 g/mol. The van der Waals surface area contributed by atoms with E-state index in [0.717, 1.165) is 17.7 Å². The van der Waals surface area contributed by atoms with Gasteiger partial charge in [-0.2, -0.15) is 0 Å². The Labute approximate surface area is 124 Å². The van der Waals surface area contributed by atoms with Gasteiger partial charge >= 0.3 is 6.03 Å². The van der Waals surface area contributed by atoms with Gasteiger partial charge in [0.05, 0.1) is 11.7 Å². The molecule has 2 rings (SSSR count). The van der Waals surface area contributed by atoms with Gasteiger partial charge in [0.15, 0.2) is 0 Å². The summed E-state index contributed by atoms with van der Waals surface area (Å²) in [6, 6.07) is -0.946. The summed E-state index contributed by atoms with van der Waals surface area (Å²) in [5.74, 6) is 0.659. The second-order valence-electron chi connectivity index (χ2n) is 5.42. The van der Waals surface area contributed by atoms with E-state index in [4.69, 9.17) is 4.52 Å². The van der Waals surface area contributed by atoms with Crippen molar-refractivity contribution in [3.8, 4) is 0 Å². The van der Waals surface area contributed by atoms with E-state index in [2.05, 4.69) is 15.8 Å². The average Bonchev–Trinajstić information content (AvgIpc) is 2.93. The van der Waals surface area contributed by atoms with Gasteiger partial charge in [0, 0.05) is 19.2 Å². The van der Waals surface area contributed by atoms with Gasteiger partial charge in [-0.15, -0.1) is 0 Å². The summed E-state index contributed by atoms with van der Waals surface area (Å²) in [7, 11) is 1.74. The number of urea groups is 1. The van der Waals surface area contributed by atoms with Crippen LogP contribution in [0.15, 0.2) is 4.52 Å². The van der Waals surface area contributed by atoms with Crippen molar-refractivity contribution in [2.45, 2.75) is 45.7 Å². The zero-order valence-electron chi connectivity index (χ0n) is 12.9. The van der Waals surface area contributed by atoms with E-state index in [1.54, 1.807) is 11.9 Å². The van der Waals surface area contributed by atoms with Gasteiger partial charge in [-0.1, -0.05) is 12.1 Å². The Balaban J connectivity index is 1.99. The molecule has 0 unspecified atom stereocenters. The first-order chi connectivity index (χ1) is 9.93. The Bertz CT molecular complexity index is 521. The van der Waals surface area contributed by atoms with Gasteiger partial charge in [0.2, 0.25) is 5.91 Å². The molecule has 1 aliphatic heterocycles. The van der Waals surface area contributed by atoms with Gasteiger partial charge < -0.3 is 20.1 Å². The molecule has 3 amide bonds. The fourth-order valence-electron chi connectivity index (χ4n) is 2.68. The zero-order valence-corrected chi connectivity index (χ0v) is 12.9. The number of hydrogen-bond acceptors (Lipinski definition) is 4. The molecule has 0 aliphatic carbocycles. The summed E-state index contributed by atoms with van der Waals surface area (Å²) >= 11 is 0. The van der Waals surface area contributed by atoms with Crippen LogP contribution in [0.3, 0.4) is 0 Å². The molecule has 0 aromatic carbocycles. The van der Waals surface area contributed by atoms with Gasteiger partial charge in [0.1, 0.15) is 11.8 Å². The van der Waals surface area contributed by atoms with Crippen molar-refractivity contribution in [1.29, 1.82) is 0 Å². The molecule has 7 nitrogen and oxygen atoms in total. The number of aryl methyl sites for hydroxylation is 2. The SMILES string of the molecule is CC[C@@H](NC(=O)N[C@H]1CCN(C)C1=O)c1c(C)noc1C. The molecule has 0 bridgehead atoms. The molecule has 116 valence electrons. The molecule has 1 aromatic rings. The molecule has 2 N–H and O–H groups in total. The molecular formula is C14H22N4O3. The van der Waals surface area contributed by atoms with Crippen molar-refractivity contribution in [3.63, 3.8) is 0 Å². The number of rotatable bonds is 4. The summed E-state index contributed by atoms with van der Waals surface area (Å²) in [4.78, 5) is 25.5. The second kappa shape index (κ2) is 6.15. The predicted molar refractivity (Wildman–Crippen MR) is 76.7 cm³/mol. The van der Waals surface area contributed by atoms with Crippen molar-refractivity contribution >= 4 is 11.9 Å². The minimum Gasteiger partial charge on any atom is -0.361 e. The third-order valence-electron chi connectivity index (χ3n) is 3.88. The number of aromatic nitrogens is 1. The topological polar surface area (TPSA) is 87.5 Å². The van der Waals surface area contributed by atoms with E-state index in [-0.39, 0.29) is 18.0 Å². The summed E-state index contributed by atoms with van der Waals surface area (Å²) in [5.41, 5.74) is 1.68. The summed E-state index contributed by atoms with van der Waals surface area (Å²) in [5, 5.41) is 9.53. The lowest BCUT2D eigenvalue weighted by Gasteiger charge is -2.19. The Morgan fingerprint density at radius 1 is 1.52 bits per heavy atom. The monoisotopic (exact) mass is 294 g/mol. The van der Waals surface area contributed by atoms with Gasteiger partial charge in [-0.05, 0) is 26.7 Å². The first kappa shape index (κ1) is 15.3. The Morgan fingerprint density at radius 2 is 2.24 bits per heavy atom. The number of amides is 3. The standard InChI is InChI=1S/C14H22N4O3/c1-5-10(12-8(2)17-21-9(12)3)15-14(20)16-11-6-7-18(4)13(11)19/h10-11H,5-7H2,1-4H3,(H2,15,16,20)/t10-,11+/m1/s1. The maximum atomic E-state index is 12.1. The minimum absolute atomic E-state index is 0.0458. The van der Waals surface area contributed by atoms with E-state index < -0.39 is 6.04 Å². The van der Waals surface area contributed by atoms with Crippen LogP contribution in [0.4, 0.5) is 4.79 Å². The van der Waals surface area contributed by atoms with Crippen molar-refractivity contribution < 1.29 is 14.1 Å². The van der Waals surface area contributed by atoms with Crippen LogP contribution in [-0.2, 0) is 4.79 Å². The number of likely N-dealkylation sites (tertiary alicyclic amines) is 1. The molecule has 1 aliphatic rings. The largest absolute Gasteiger partial charge is 0.361 e. The maximum absolute atomic E-state index is 12.1. The van der Waals surface area contributed by atoms with E-state index in [1.165, 1.54) is 0 Å². The first-order valence-corrected chi connectivity index (χ1v) is 7.18. The van der Waals surface area contributed by atoms with Crippen LogP contribution in [0.2, 0.25) is 0 Å². The third kappa shape index (κ3) is 3.17. The fraction of sp³-hybridized carbons (Fsp3) is 0.643. The van der Waals surface area contributed by atoms with Crippen molar-refractivity contribution in [1.82, 2.24) is 20.7 Å². The highest BCUT2D eigenvalue weighted by Gasteiger charge is 2.31. The number of nitrogens with one attached hydrogen (secondary N) is 2. The molecule has 1 aromatic heterocycles. The highest BCUT2D eigenvalue weighted by Crippen LogP contribution is 2.23. The Hall–Kier alpha value is -2.05. The molecule has 2 heterocycles. The lowest BCUT2D eigenvalue weighted by Crippen LogP contribution is -2.46. The highest BCUT2D eigenvalue weighted by atomic mass is 16.5.